The van der Waals surface area contributed by atoms with Crippen LogP contribution in [0.25, 0.3) is 11.4 Å². The molecule has 1 amide bonds. The Bertz CT molecular complexity index is 864. The minimum absolute atomic E-state index is 0.0762. The van der Waals surface area contributed by atoms with E-state index in [0.717, 1.165) is 30.6 Å². The summed E-state index contributed by atoms with van der Waals surface area (Å²) in [5.74, 6) is 0.683. The van der Waals surface area contributed by atoms with E-state index in [1.807, 2.05) is 53.4 Å². The van der Waals surface area contributed by atoms with Crippen LogP contribution >= 0.6 is 0 Å². The Labute approximate surface area is 151 Å². The summed E-state index contributed by atoms with van der Waals surface area (Å²) in [4.78, 5) is 20.5. The predicted molar refractivity (Wildman–Crippen MR) is 95.8 cm³/mol. The van der Waals surface area contributed by atoms with Crippen molar-refractivity contribution in [1.29, 1.82) is 0 Å². The fourth-order valence-corrected chi connectivity index (χ4v) is 3.33. The van der Waals surface area contributed by atoms with E-state index < -0.39 is 0 Å². The molecule has 1 fully saturated rings. The van der Waals surface area contributed by atoms with Crippen LogP contribution in [0.1, 0.15) is 31.0 Å². The second-order valence-electron chi connectivity index (χ2n) is 6.32. The van der Waals surface area contributed by atoms with Crippen LogP contribution in [-0.2, 0) is 11.3 Å². The zero-order chi connectivity index (χ0) is 17.8. The number of hydrogen-bond donors (Lipinski definition) is 0. The maximum Gasteiger partial charge on any atom is 0.225 e. The van der Waals surface area contributed by atoms with Crippen molar-refractivity contribution >= 4 is 5.91 Å². The van der Waals surface area contributed by atoms with Gasteiger partial charge in [-0.3, -0.25) is 9.78 Å². The Kier molecular flexibility index (Phi) is 4.68. The number of amides is 1. The second kappa shape index (κ2) is 7.43. The number of aromatic nitrogens is 5. The van der Waals surface area contributed by atoms with Gasteiger partial charge in [-0.05, 0) is 30.2 Å². The summed E-state index contributed by atoms with van der Waals surface area (Å²) in [7, 11) is 0. The second-order valence-corrected chi connectivity index (χ2v) is 6.32. The fraction of sp³-hybridized carbons (Fsp3) is 0.316. The highest BCUT2D eigenvalue weighted by Crippen LogP contribution is 2.31. The van der Waals surface area contributed by atoms with Gasteiger partial charge < -0.3 is 4.90 Å². The third kappa shape index (κ3) is 3.46. The molecule has 4 rings (SSSR count). The van der Waals surface area contributed by atoms with Gasteiger partial charge in [-0.25, -0.2) is 0 Å². The van der Waals surface area contributed by atoms with Gasteiger partial charge in [-0.2, -0.15) is 4.80 Å². The summed E-state index contributed by atoms with van der Waals surface area (Å²) in [6, 6.07) is 15.6. The maximum atomic E-state index is 12.7. The molecule has 1 aliphatic heterocycles. The van der Waals surface area contributed by atoms with Gasteiger partial charge in [-0.1, -0.05) is 36.4 Å². The first kappa shape index (κ1) is 16.4. The van der Waals surface area contributed by atoms with Crippen LogP contribution in [-0.4, -0.2) is 42.5 Å². The molecule has 3 heterocycles. The fourth-order valence-electron chi connectivity index (χ4n) is 3.33. The van der Waals surface area contributed by atoms with E-state index in [9.17, 15) is 4.79 Å². The summed E-state index contributed by atoms with van der Waals surface area (Å²) in [5, 5.41) is 12.5. The van der Waals surface area contributed by atoms with Crippen molar-refractivity contribution in [1.82, 2.24) is 30.1 Å². The maximum absolute atomic E-state index is 12.7. The van der Waals surface area contributed by atoms with Gasteiger partial charge in [-0.15, -0.1) is 10.2 Å². The number of hydrogen-bond acceptors (Lipinski definition) is 5. The van der Waals surface area contributed by atoms with E-state index in [1.165, 1.54) is 4.80 Å². The molecular weight excluding hydrogens is 328 g/mol. The van der Waals surface area contributed by atoms with Crippen LogP contribution in [0.4, 0.5) is 0 Å². The highest BCUT2D eigenvalue weighted by atomic mass is 16.2. The van der Waals surface area contributed by atoms with E-state index >= 15 is 0 Å². The molecule has 0 radical (unpaired) electrons. The van der Waals surface area contributed by atoms with Gasteiger partial charge in [0.25, 0.3) is 0 Å². The molecule has 1 aromatic carbocycles. The van der Waals surface area contributed by atoms with Crippen molar-refractivity contribution < 1.29 is 4.79 Å². The van der Waals surface area contributed by atoms with E-state index in [-0.39, 0.29) is 11.9 Å². The van der Waals surface area contributed by atoms with Crippen LogP contribution < -0.4 is 0 Å². The molecule has 7 heteroatoms. The van der Waals surface area contributed by atoms with Crippen molar-refractivity contribution in [3.8, 4) is 11.4 Å². The monoisotopic (exact) mass is 348 g/mol. The summed E-state index contributed by atoms with van der Waals surface area (Å²) in [5.41, 5.74) is 1.88. The largest absolute Gasteiger partial charge is 0.334 e. The van der Waals surface area contributed by atoms with Gasteiger partial charge in [0.05, 0.1) is 18.3 Å². The highest BCUT2D eigenvalue weighted by molar-refractivity contribution is 5.76. The van der Waals surface area contributed by atoms with Crippen LogP contribution in [0.15, 0.2) is 54.7 Å². The molecule has 1 aliphatic rings. The Balaban J connectivity index is 1.39. The summed E-state index contributed by atoms with van der Waals surface area (Å²) >= 11 is 0. The molecule has 26 heavy (non-hydrogen) atoms. The lowest BCUT2D eigenvalue weighted by molar-refractivity contribution is -0.132. The van der Waals surface area contributed by atoms with Crippen LogP contribution in [0.5, 0.6) is 0 Å². The third-order valence-corrected chi connectivity index (χ3v) is 4.61. The Morgan fingerprint density at radius 1 is 1.12 bits per heavy atom. The number of nitrogens with zero attached hydrogens (tertiary/aromatic N) is 6. The number of benzene rings is 1. The van der Waals surface area contributed by atoms with Crippen molar-refractivity contribution in [2.45, 2.75) is 31.8 Å². The van der Waals surface area contributed by atoms with Gasteiger partial charge in [0.15, 0.2) is 0 Å². The summed E-state index contributed by atoms with van der Waals surface area (Å²) in [6.45, 7) is 1.20. The van der Waals surface area contributed by atoms with Crippen LogP contribution in [0.2, 0.25) is 0 Å². The van der Waals surface area contributed by atoms with E-state index in [1.54, 1.807) is 6.20 Å². The van der Waals surface area contributed by atoms with Gasteiger partial charge >= 0.3 is 0 Å². The molecule has 3 aromatic rings. The molecule has 0 bridgehead atoms. The zero-order valence-electron chi connectivity index (χ0n) is 14.4. The van der Waals surface area contributed by atoms with Gasteiger partial charge in [0.1, 0.15) is 0 Å². The smallest absolute Gasteiger partial charge is 0.225 e. The number of rotatable bonds is 5. The standard InChI is InChI=1S/C19H20N6O/c26-18(24-13-6-10-17(24)16-9-4-5-12-20-16)11-14-25-22-19(21-23-25)15-7-2-1-3-8-15/h1-5,7-9,12,17H,6,10-11,13-14H2. The first-order valence-corrected chi connectivity index (χ1v) is 8.85. The normalized spacial score (nSPS) is 16.8. The van der Waals surface area contributed by atoms with Gasteiger partial charge in [0.2, 0.25) is 11.7 Å². The Morgan fingerprint density at radius 2 is 1.96 bits per heavy atom. The van der Waals surface area contributed by atoms with E-state index in [0.29, 0.717) is 18.8 Å². The molecule has 0 saturated carbocycles. The van der Waals surface area contributed by atoms with Crippen molar-refractivity contribution in [2.75, 3.05) is 6.54 Å². The average Bonchev–Trinajstić information content (AvgIpc) is 3.37. The zero-order valence-corrected chi connectivity index (χ0v) is 14.4. The summed E-state index contributed by atoms with van der Waals surface area (Å²) < 4.78 is 0. The minimum Gasteiger partial charge on any atom is -0.334 e. The van der Waals surface area contributed by atoms with Crippen molar-refractivity contribution in [3.05, 3.63) is 60.4 Å². The quantitative estimate of drug-likeness (QED) is 0.708. The first-order chi connectivity index (χ1) is 12.8. The van der Waals surface area contributed by atoms with Crippen molar-refractivity contribution in [2.24, 2.45) is 0 Å². The molecule has 132 valence electrons. The predicted octanol–water partition coefficient (Wildman–Crippen LogP) is 2.49. The Hall–Kier alpha value is -3.09. The van der Waals surface area contributed by atoms with Crippen LogP contribution in [0, 0.1) is 0 Å². The molecule has 7 nitrogen and oxygen atoms in total. The SMILES string of the molecule is O=C(CCn1nnc(-c2ccccc2)n1)N1CCCC1c1ccccn1. The molecule has 0 aliphatic carbocycles. The van der Waals surface area contributed by atoms with E-state index in [2.05, 4.69) is 20.4 Å². The Morgan fingerprint density at radius 3 is 2.77 bits per heavy atom. The average molecular weight is 348 g/mol. The number of aryl methyl sites for hydroxylation is 1. The summed E-state index contributed by atoms with van der Waals surface area (Å²) in [6.07, 6.45) is 4.10. The first-order valence-electron chi connectivity index (χ1n) is 8.85. The lowest BCUT2D eigenvalue weighted by Gasteiger charge is -2.24. The lowest BCUT2D eigenvalue weighted by atomic mass is 10.1. The molecule has 1 unspecified atom stereocenters. The molecule has 1 atom stereocenters. The number of pyridine rings is 1. The number of likely N-dealkylation sites (tertiary alicyclic amines) is 1. The van der Waals surface area contributed by atoms with Crippen molar-refractivity contribution in [3.63, 3.8) is 0 Å². The molecular formula is C19H20N6O. The number of carbonyl (C=O) groups excluding carboxylic acids is 1. The lowest BCUT2D eigenvalue weighted by Crippen LogP contribution is -2.31. The van der Waals surface area contributed by atoms with E-state index in [4.69, 9.17) is 0 Å². The molecule has 2 aromatic heterocycles. The number of tetrazole rings is 1. The third-order valence-electron chi connectivity index (χ3n) is 4.61. The molecule has 0 spiro atoms. The molecule has 1 saturated heterocycles. The highest BCUT2D eigenvalue weighted by Gasteiger charge is 2.30. The minimum atomic E-state index is 0.0762. The number of carbonyl (C=O) groups is 1. The van der Waals surface area contributed by atoms with Crippen LogP contribution in [0.3, 0.4) is 0 Å². The topological polar surface area (TPSA) is 76.8 Å². The van der Waals surface area contributed by atoms with Gasteiger partial charge in [0, 0.05) is 24.7 Å². The molecule has 0 N–H and O–H groups in total.